The van der Waals surface area contributed by atoms with Gasteiger partial charge in [-0.2, -0.15) is 0 Å². The van der Waals surface area contributed by atoms with Crippen LogP contribution < -0.4 is 4.31 Å². The Kier molecular flexibility index (Phi) is 6.65. The molecule has 0 aliphatic rings. The third-order valence-electron chi connectivity index (χ3n) is 3.35. The van der Waals surface area contributed by atoms with Crippen LogP contribution in [0.3, 0.4) is 0 Å². The van der Waals surface area contributed by atoms with E-state index >= 15 is 0 Å². The molecule has 2 aromatic rings. The number of benzene rings is 2. The predicted octanol–water partition coefficient (Wildman–Crippen LogP) is 3.92. The summed E-state index contributed by atoms with van der Waals surface area (Å²) in [6.45, 7) is -0.0361. The maximum Gasteiger partial charge on any atom is 0.264 e. The minimum atomic E-state index is -3.83. The first-order valence-electron chi connectivity index (χ1n) is 6.98. The molecule has 0 saturated carbocycles. The van der Waals surface area contributed by atoms with E-state index in [-0.39, 0.29) is 11.4 Å². The fourth-order valence-corrected chi connectivity index (χ4v) is 4.43. The molecule has 5 nitrogen and oxygen atoms in total. The summed E-state index contributed by atoms with van der Waals surface area (Å²) >= 11 is 9.59. The Labute approximate surface area is 155 Å². The summed E-state index contributed by atoms with van der Waals surface area (Å²) in [5.74, 6) is 0. The average molecular weight is 435 g/mol. The normalized spacial score (nSPS) is 11.7. The second kappa shape index (κ2) is 8.31. The fraction of sp³-hybridized carbons (Fsp3) is 0.250. The van der Waals surface area contributed by atoms with Crippen molar-refractivity contribution in [3.63, 3.8) is 0 Å². The summed E-state index contributed by atoms with van der Waals surface area (Å²) < 4.78 is 38.4. The first-order chi connectivity index (χ1) is 11.4. The maximum absolute atomic E-state index is 13.1. The lowest BCUT2D eigenvalue weighted by molar-refractivity contribution is -0.0932. The summed E-state index contributed by atoms with van der Waals surface area (Å²) in [4.78, 5) is 0.162. The minimum Gasteiger partial charge on any atom is -0.354 e. The number of hydrogen-bond donors (Lipinski definition) is 0. The van der Waals surface area contributed by atoms with Crippen LogP contribution in [0.2, 0.25) is 5.02 Å². The van der Waals surface area contributed by atoms with E-state index in [9.17, 15) is 8.42 Å². The molecule has 0 spiro atoms. The molecular formula is C16H17BrClNO4S. The Hall–Kier alpha value is -1.12. The number of anilines is 1. The molecule has 2 aromatic carbocycles. The van der Waals surface area contributed by atoms with Gasteiger partial charge in [0.1, 0.15) is 0 Å². The first kappa shape index (κ1) is 19.2. The summed E-state index contributed by atoms with van der Waals surface area (Å²) in [6, 6.07) is 13.1. The fourth-order valence-electron chi connectivity index (χ4n) is 2.11. The van der Waals surface area contributed by atoms with Gasteiger partial charge in [-0.3, -0.25) is 4.31 Å². The monoisotopic (exact) mass is 433 g/mol. The molecule has 0 fully saturated rings. The van der Waals surface area contributed by atoms with Gasteiger partial charge in [-0.1, -0.05) is 45.7 Å². The molecule has 0 aromatic heterocycles. The van der Waals surface area contributed by atoms with E-state index in [0.29, 0.717) is 10.7 Å². The van der Waals surface area contributed by atoms with Gasteiger partial charge in [0, 0.05) is 18.7 Å². The Morgan fingerprint density at radius 2 is 1.75 bits per heavy atom. The summed E-state index contributed by atoms with van der Waals surface area (Å²) in [7, 11) is -0.933. The number of ether oxygens (including phenoxy) is 2. The third-order valence-corrected chi connectivity index (χ3v) is 5.94. The molecular weight excluding hydrogens is 418 g/mol. The molecule has 0 saturated heterocycles. The Morgan fingerprint density at radius 1 is 1.12 bits per heavy atom. The Balaban J connectivity index is 2.54. The topological polar surface area (TPSA) is 55.8 Å². The van der Waals surface area contributed by atoms with Crippen LogP contribution in [0.5, 0.6) is 0 Å². The van der Waals surface area contributed by atoms with Crippen LogP contribution in [0.25, 0.3) is 0 Å². The van der Waals surface area contributed by atoms with Gasteiger partial charge < -0.3 is 9.47 Å². The number of hydrogen-bond acceptors (Lipinski definition) is 4. The van der Waals surface area contributed by atoms with E-state index in [4.69, 9.17) is 21.1 Å². The maximum atomic E-state index is 13.1. The largest absolute Gasteiger partial charge is 0.354 e. The molecule has 0 unspecified atom stereocenters. The van der Waals surface area contributed by atoms with E-state index in [1.165, 1.54) is 30.7 Å². The summed E-state index contributed by atoms with van der Waals surface area (Å²) in [5.41, 5.74) is 0.350. The standard InChI is InChI=1S/C16H17BrClNO4S/c1-22-16(23-2)11-19(15-9-8-12(17)10-14(15)18)24(20,21)13-6-4-3-5-7-13/h3-10,16H,11H2,1-2H3. The lowest BCUT2D eigenvalue weighted by Gasteiger charge is -2.28. The second-order valence-corrected chi connectivity index (χ2v) is 8.03. The van der Waals surface area contributed by atoms with Crippen molar-refractivity contribution in [2.75, 3.05) is 25.1 Å². The zero-order valence-electron chi connectivity index (χ0n) is 13.1. The highest BCUT2D eigenvalue weighted by Gasteiger charge is 2.29. The third kappa shape index (κ3) is 4.29. The molecule has 0 N–H and O–H groups in total. The van der Waals surface area contributed by atoms with Crippen molar-refractivity contribution in [3.8, 4) is 0 Å². The highest BCUT2D eigenvalue weighted by atomic mass is 79.9. The molecule has 8 heteroatoms. The zero-order chi connectivity index (χ0) is 17.7. The van der Waals surface area contributed by atoms with Gasteiger partial charge in [0.25, 0.3) is 10.0 Å². The van der Waals surface area contributed by atoms with Gasteiger partial charge in [-0.15, -0.1) is 0 Å². The van der Waals surface area contributed by atoms with Crippen molar-refractivity contribution in [3.05, 3.63) is 58.0 Å². The van der Waals surface area contributed by atoms with Crippen LogP contribution >= 0.6 is 27.5 Å². The van der Waals surface area contributed by atoms with Crippen molar-refractivity contribution in [1.82, 2.24) is 0 Å². The molecule has 2 rings (SSSR count). The SMILES string of the molecule is COC(CN(c1ccc(Br)cc1Cl)S(=O)(=O)c1ccccc1)OC. The molecule has 0 radical (unpaired) electrons. The van der Waals surface area contributed by atoms with E-state index < -0.39 is 16.3 Å². The molecule has 0 amide bonds. The quantitative estimate of drug-likeness (QED) is 0.620. The summed E-state index contributed by atoms with van der Waals surface area (Å²) in [6.07, 6.45) is -0.733. The number of sulfonamides is 1. The van der Waals surface area contributed by atoms with Crippen LogP contribution in [0, 0.1) is 0 Å². The van der Waals surface area contributed by atoms with Crippen LogP contribution in [-0.4, -0.2) is 35.5 Å². The summed E-state index contributed by atoms with van der Waals surface area (Å²) in [5, 5.41) is 0.301. The van der Waals surface area contributed by atoms with Crippen LogP contribution in [0.15, 0.2) is 57.9 Å². The highest BCUT2D eigenvalue weighted by molar-refractivity contribution is 9.10. The number of rotatable bonds is 7. The zero-order valence-corrected chi connectivity index (χ0v) is 16.3. The van der Waals surface area contributed by atoms with Gasteiger partial charge in [-0.25, -0.2) is 8.42 Å². The van der Waals surface area contributed by atoms with Crippen LogP contribution in [0.4, 0.5) is 5.69 Å². The van der Waals surface area contributed by atoms with Crippen molar-refractivity contribution in [1.29, 1.82) is 0 Å². The number of nitrogens with zero attached hydrogens (tertiary/aromatic N) is 1. The van der Waals surface area contributed by atoms with Crippen LogP contribution in [-0.2, 0) is 19.5 Å². The molecule has 0 bridgehead atoms. The Morgan fingerprint density at radius 3 is 2.29 bits per heavy atom. The predicted molar refractivity (Wildman–Crippen MR) is 97.9 cm³/mol. The number of halogens is 2. The highest BCUT2D eigenvalue weighted by Crippen LogP contribution is 2.33. The first-order valence-corrected chi connectivity index (χ1v) is 9.59. The lowest BCUT2D eigenvalue weighted by Crippen LogP contribution is -2.39. The number of methoxy groups -OCH3 is 2. The van der Waals surface area contributed by atoms with Gasteiger partial charge in [0.15, 0.2) is 6.29 Å². The van der Waals surface area contributed by atoms with E-state index in [1.54, 1.807) is 36.4 Å². The molecule has 0 aliphatic carbocycles. The molecule has 24 heavy (non-hydrogen) atoms. The van der Waals surface area contributed by atoms with Crippen molar-refractivity contribution < 1.29 is 17.9 Å². The van der Waals surface area contributed by atoms with Gasteiger partial charge in [-0.05, 0) is 30.3 Å². The van der Waals surface area contributed by atoms with Gasteiger partial charge in [0.2, 0.25) is 0 Å². The molecule has 0 aliphatic heterocycles. The van der Waals surface area contributed by atoms with E-state index in [0.717, 1.165) is 4.47 Å². The van der Waals surface area contributed by atoms with Crippen molar-refractivity contribution in [2.24, 2.45) is 0 Å². The van der Waals surface area contributed by atoms with E-state index in [2.05, 4.69) is 15.9 Å². The molecule has 0 heterocycles. The van der Waals surface area contributed by atoms with Gasteiger partial charge >= 0.3 is 0 Å². The van der Waals surface area contributed by atoms with Crippen molar-refractivity contribution >= 4 is 43.2 Å². The average Bonchev–Trinajstić information content (AvgIpc) is 2.57. The smallest absolute Gasteiger partial charge is 0.264 e. The Bertz CT molecular complexity index is 782. The van der Waals surface area contributed by atoms with Crippen molar-refractivity contribution in [2.45, 2.75) is 11.2 Å². The molecule has 0 atom stereocenters. The lowest BCUT2D eigenvalue weighted by atomic mass is 10.3. The van der Waals surface area contributed by atoms with E-state index in [1.807, 2.05) is 0 Å². The second-order valence-electron chi connectivity index (χ2n) is 4.85. The molecule has 130 valence electrons. The van der Waals surface area contributed by atoms with Gasteiger partial charge in [0.05, 0.1) is 22.2 Å². The minimum absolute atomic E-state index is 0.0361. The van der Waals surface area contributed by atoms with Crippen LogP contribution in [0.1, 0.15) is 0 Å².